The zero-order valence-electron chi connectivity index (χ0n) is 27.0. The summed E-state index contributed by atoms with van der Waals surface area (Å²) in [5.41, 5.74) is 4.12. The molecule has 0 spiro atoms. The average Bonchev–Trinajstić information content (AvgIpc) is 3.04. The van der Waals surface area contributed by atoms with E-state index in [0.717, 1.165) is 22.4 Å². The number of nitrogens with zero attached hydrogens (tertiary/aromatic N) is 3. The number of fused-ring (bicyclic) bond motifs is 1. The van der Waals surface area contributed by atoms with Gasteiger partial charge in [-0.2, -0.15) is 9.78 Å². The fourth-order valence-corrected chi connectivity index (χ4v) is 5.40. The van der Waals surface area contributed by atoms with E-state index >= 15 is 0 Å². The first kappa shape index (κ1) is 33.2. The smallest absolute Gasteiger partial charge is 0.282 e. The highest BCUT2D eigenvalue weighted by Crippen LogP contribution is 2.37. The van der Waals surface area contributed by atoms with Crippen LogP contribution in [0.5, 0.6) is 17.2 Å². The van der Waals surface area contributed by atoms with Gasteiger partial charge in [0.1, 0.15) is 5.75 Å². The number of halogens is 1. The molecule has 0 fully saturated rings. The Balaban J connectivity index is 1.53. The van der Waals surface area contributed by atoms with E-state index < -0.39 is 0 Å². The number of carbonyl (C=O) groups excluding carboxylic acids is 1. The summed E-state index contributed by atoms with van der Waals surface area (Å²) in [6, 6.07) is 23.6. The largest absolute Gasteiger partial charge is 0.494 e. The lowest BCUT2D eigenvalue weighted by molar-refractivity contribution is -0.118. The Hall–Kier alpha value is -5.15. The van der Waals surface area contributed by atoms with Gasteiger partial charge in [-0.1, -0.05) is 55.8 Å². The number of anilines is 1. The Kier molecular flexibility index (Phi) is 10.6. The molecule has 9 nitrogen and oxygen atoms in total. The minimum atomic E-state index is -0.346. The third kappa shape index (κ3) is 7.64. The number of para-hydroxylation sites is 2. The van der Waals surface area contributed by atoms with Crippen LogP contribution in [-0.2, 0) is 4.79 Å². The monoisotopic (exact) mass is 652 g/mol. The van der Waals surface area contributed by atoms with Crippen LogP contribution in [0.3, 0.4) is 0 Å². The number of amides is 1. The summed E-state index contributed by atoms with van der Waals surface area (Å²) in [4.78, 5) is 31.3. The third-order valence-electron chi connectivity index (χ3n) is 7.33. The van der Waals surface area contributed by atoms with Crippen LogP contribution in [0.4, 0.5) is 5.69 Å². The lowest BCUT2D eigenvalue weighted by Gasteiger charge is -2.18. The van der Waals surface area contributed by atoms with Crippen LogP contribution in [0.1, 0.15) is 50.3 Å². The molecule has 1 heterocycles. The first-order chi connectivity index (χ1) is 22.7. The molecule has 0 saturated carbocycles. The van der Waals surface area contributed by atoms with Crippen molar-refractivity contribution in [1.82, 2.24) is 9.66 Å². The van der Waals surface area contributed by atoms with E-state index in [9.17, 15) is 9.59 Å². The highest BCUT2D eigenvalue weighted by atomic mass is 35.5. The van der Waals surface area contributed by atoms with Gasteiger partial charge in [-0.3, -0.25) is 9.59 Å². The van der Waals surface area contributed by atoms with Crippen molar-refractivity contribution >= 4 is 40.3 Å². The maximum absolute atomic E-state index is 13.9. The number of ether oxygens (including phenoxy) is 3. The van der Waals surface area contributed by atoms with Gasteiger partial charge in [-0.25, -0.2) is 4.98 Å². The van der Waals surface area contributed by atoms with Crippen molar-refractivity contribution < 1.29 is 19.0 Å². The van der Waals surface area contributed by atoms with Gasteiger partial charge in [-0.15, -0.1) is 0 Å². The van der Waals surface area contributed by atoms with Crippen LogP contribution in [0.25, 0.3) is 22.3 Å². The maximum atomic E-state index is 13.9. The number of nitrogens with one attached hydrogen (secondary N) is 1. The van der Waals surface area contributed by atoms with Gasteiger partial charge in [0.15, 0.2) is 23.9 Å². The molecule has 0 bridgehead atoms. The second kappa shape index (κ2) is 15.0. The highest BCUT2D eigenvalue weighted by Gasteiger charge is 2.19. The van der Waals surface area contributed by atoms with Gasteiger partial charge in [0.2, 0.25) is 0 Å². The minimum absolute atomic E-state index is 0.171. The predicted octanol–water partition coefficient (Wildman–Crippen LogP) is 7.85. The van der Waals surface area contributed by atoms with Crippen molar-refractivity contribution in [2.75, 3.05) is 25.1 Å². The molecule has 5 aromatic rings. The number of carbonyl (C=O) groups is 1. The van der Waals surface area contributed by atoms with Crippen LogP contribution in [0, 0.1) is 6.92 Å². The maximum Gasteiger partial charge on any atom is 0.282 e. The SMILES string of the molecule is CCOc1cc(C)c(-c2nc3ccccc3c(=O)n2N=Cc2cc(Cl)c(OCC(=O)Nc3ccccc3)c(OCC)c2)cc1C(C)C. The average molecular weight is 653 g/mol. The van der Waals surface area contributed by atoms with Gasteiger partial charge in [-0.05, 0) is 91.9 Å². The molecule has 0 aliphatic heterocycles. The van der Waals surface area contributed by atoms with Crippen molar-refractivity contribution in [2.24, 2.45) is 5.10 Å². The molecule has 0 radical (unpaired) electrons. The molecule has 1 aromatic heterocycles. The topological polar surface area (TPSA) is 104 Å². The zero-order chi connectivity index (χ0) is 33.5. The molecular formula is C37H37ClN4O5. The molecule has 0 aliphatic rings. The quantitative estimate of drug-likeness (QED) is 0.138. The second-order valence-electron chi connectivity index (χ2n) is 11.1. The molecule has 10 heteroatoms. The molecule has 0 unspecified atom stereocenters. The van der Waals surface area contributed by atoms with Crippen LogP contribution in [0.2, 0.25) is 5.02 Å². The summed E-state index contributed by atoms with van der Waals surface area (Å²) >= 11 is 6.65. The van der Waals surface area contributed by atoms with E-state index in [1.165, 1.54) is 10.9 Å². The fourth-order valence-electron chi connectivity index (χ4n) is 5.12. The molecule has 1 N–H and O–H groups in total. The summed E-state index contributed by atoms with van der Waals surface area (Å²) in [5.74, 6) is 1.59. The van der Waals surface area contributed by atoms with Gasteiger partial charge in [0.25, 0.3) is 11.5 Å². The standard InChI is InChI=1S/C37H37ClN4O5/c1-6-45-32-17-24(5)29(20-28(32)23(3)4)36-41-31-16-12-11-15-27(31)37(44)42(36)39-21-25-18-30(38)35(33(19-25)46-7-2)47-22-34(43)40-26-13-9-8-10-14-26/h8-21,23H,6-7,22H2,1-5H3,(H,40,43). The van der Waals surface area contributed by atoms with E-state index in [0.29, 0.717) is 46.9 Å². The van der Waals surface area contributed by atoms with Gasteiger partial charge < -0.3 is 19.5 Å². The predicted molar refractivity (Wildman–Crippen MR) is 188 cm³/mol. The highest BCUT2D eigenvalue weighted by molar-refractivity contribution is 6.32. The minimum Gasteiger partial charge on any atom is -0.494 e. The normalized spacial score (nSPS) is 11.3. The molecule has 4 aromatic carbocycles. The lowest BCUT2D eigenvalue weighted by atomic mass is 9.96. The zero-order valence-corrected chi connectivity index (χ0v) is 27.8. The summed E-state index contributed by atoms with van der Waals surface area (Å²) in [5, 5.41) is 8.07. The van der Waals surface area contributed by atoms with Crippen LogP contribution in [0.15, 0.2) is 88.8 Å². The molecular weight excluding hydrogens is 616 g/mol. The Bertz CT molecular complexity index is 1990. The van der Waals surface area contributed by atoms with Crippen molar-refractivity contribution in [3.05, 3.63) is 111 Å². The van der Waals surface area contributed by atoms with Crippen molar-refractivity contribution in [3.63, 3.8) is 0 Å². The molecule has 1 amide bonds. The summed E-state index contributed by atoms with van der Waals surface area (Å²) < 4.78 is 18.9. The first-order valence-corrected chi connectivity index (χ1v) is 15.9. The first-order valence-electron chi connectivity index (χ1n) is 15.5. The van der Waals surface area contributed by atoms with Crippen LogP contribution in [-0.4, -0.2) is 41.6 Å². The number of rotatable bonds is 12. The van der Waals surface area contributed by atoms with Crippen LogP contribution < -0.4 is 25.1 Å². The van der Waals surface area contributed by atoms with E-state index in [1.54, 1.807) is 36.4 Å². The summed E-state index contributed by atoms with van der Waals surface area (Å²) in [7, 11) is 0. The van der Waals surface area contributed by atoms with Crippen molar-refractivity contribution in [1.29, 1.82) is 0 Å². The number of aryl methyl sites for hydroxylation is 1. The van der Waals surface area contributed by atoms with Crippen LogP contribution >= 0.6 is 11.6 Å². The molecule has 5 rings (SSSR count). The Morgan fingerprint density at radius 1 is 0.957 bits per heavy atom. The van der Waals surface area contributed by atoms with E-state index in [-0.39, 0.29) is 34.8 Å². The number of aromatic nitrogens is 2. The Morgan fingerprint density at radius 2 is 1.66 bits per heavy atom. The number of hydrogen-bond donors (Lipinski definition) is 1. The fraction of sp³-hybridized carbons (Fsp3) is 0.243. The molecule has 0 aliphatic carbocycles. The van der Waals surface area contributed by atoms with Gasteiger partial charge in [0, 0.05) is 11.3 Å². The Morgan fingerprint density at radius 3 is 2.38 bits per heavy atom. The van der Waals surface area contributed by atoms with E-state index in [4.69, 9.17) is 30.8 Å². The molecule has 0 atom stereocenters. The molecule has 0 saturated heterocycles. The number of benzene rings is 4. The van der Waals surface area contributed by atoms with E-state index in [2.05, 4.69) is 24.3 Å². The third-order valence-corrected chi connectivity index (χ3v) is 7.61. The molecule has 242 valence electrons. The lowest BCUT2D eigenvalue weighted by Crippen LogP contribution is -2.21. The number of hydrogen-bond acceptors (Lipinski definition) is 7. The van der Waals surface area contributed by atoms with Gasteiger partial charge in [0.05, 0.1) is 35.4 Å². The summed E-state index contributed by atoms with van der Waals surface area (Å²) in [6.45, 7) is 10.5. The van der Waals surface area contributed by atoms with E-state index in [1.807, 2.05) is 63.2 Å². The molecule has 47 heavy (non-hydrogen) atoms. The van der Waals surface area contributed by atoms with Gasteiger partial charge >= 0.3 is 0 Å². The van der Waals surface area contributed by atoms with Crippen molar-refractivity contribution in [2.45, 2.75) is 40.5 Å². The summed E-state index contributed by atoms with van der Waals surface area (Å²) in [6.07, 6.45) is 1.52. The van der Waals surface area contributed by atoms with Crippen molar-refractivity contribution in [3.8, 4) is 28.6 Å². The second-order valence-corrected chi connectivity index (χ2v) is 11.5. The Labute approximate surface area is 278 Å².